The molecule has 1 aromatic heterocycles. The summed E-state index contributed by atoms with van der Waals surface area (Å²) >= 11 is 0. The molecule has 0 amide bonds. The Morgan fingerprint density at radius 2 is 1.82 bits per heavy atom. The number of aromatic nitrogens is 1. The topological polar surface area (TPSA) is 57.7 Å². The number of methoxy groups -OCH3 is 1. The van der Waals surface area contributed by atoms with Gasteiger partial charge in [0, 0.05) is 12.3 Å². The predicted octanol–water partition coefficient (Wildman–Crippen LogP) is 2.94. The maximum absolute atomic E-state index is 11.8. The van der Waals surface area contributed by atoms with Crippen LogP contribution in [-0.4, -0.2) is 31.3 Å². The summed E-state index contributed by atoms with van der Waals surface area (Å²) in [6.45, 7) is 4.45. The number of hydrogen-bond acceptors (Lipinski definition) is 5. The van der Waals surface area contributed by atoms with Gasteiger partial charge in [-0.15, -0.1) is 0 Å². The fraction of sp³-hybridized carbons (Fsp3) is 0.294. The third-order valence-corrected chi connectivity index (χ3v) is 3.15. The normalized spacial score (nSPS) is 10.1. The number of esters is 1. The second kappa shape index (κ2) is 7.45. The molecule has 5 heteroatoms. The van der Waals surface area contributed by atoms with E-state index in [1.54, 1.807) is 12.1 Å². The van der Waals surface area contributed by atoms with E-state index < -0.39 is 5.97 Å². The Kier molecular flexibility index (Phi) is 5.36. The van der Waals surface area contributed by atoms with Crippen molar-refractivity contribution in [1.82, 2.24) is 4.98 Å². The van der Waals surface area contributed by atoms with Crippen molar-refractivity contribution in [2.75, 3.05) is 20.3 Å². The van der Waals surface area contributed by atoms with Crippen LogP contribution in [0.25, 0.3) is 0 Å². The van der Waals surface area contributed by atoms with Gasteiger partial charge in [-0.1, -0.05) is 18.2 Å². The van der Waals surface area contributed by atoms with Gasteiger partial charge in [0.25, 0.3) is 0 Å². The Morgan fingerprint density at radius 3 is 2.41 bits per heavy atom. The number of rotatable bonds is 6. The van der Waals surface area contributed by atoms with E-state index in [4.69, 9.17) is 14.2 Å². The maximum atomic E-state index is 11.8. The molecule has 0 saturated carbocycles. The number of aryl methyl sites for hydroxylation is 2. The van der Waals surface area contributed by atoms with Crippen LogP contribution in [0, 0.1) is 13.8 Å². The number of para-hydroxylation sites is 1. The van der Waals surface area contributed by atoms with E-state index in [0.717, 1.165) is 16.9 Å². The first-order valence-corrected chi connectivity index (χ1v) is 6.98. The maximum Gasteiger partial charge on any atom is 0.339 e. The highest BCUT2D eigenvalue weighted by atomic mass is 16.6. The molecular formula is C17H19NO4. The number of carbonyl (C=O) groups is 1. The molecule has 22 heavy (non-hydrogen) atoms. The van der Waals surface area contributed by atoms with Crippen molar-refractivity contribution >= 4 is 5.97 Å². The summed E-state index contributed by atoms with van der Waals surface area (Å²) < 4.78 is 15.8. The first-order valence-electron chi connectivity index (χ1n) is 6.98. The van der Waals surface area contributed by atoms with Crippen molar-refractivity contribution in [1.29, 1.82) is 0 Å². The zero-order valence-corrected chi connectivity index (χ0v) is 13.0. The molecule has 0 unspecified atom stereocenters. The Morgan fingerprint density at radius 1 is 1.09 bits per heavy atom. The van der Waals surface area contributed by atoms with Gasteiger partial charge in [-0.05, 0) is 31.0 Å². The first kappa shape index (κ1) is 15.8. The molecule has 0 radical (unpaired) electrons. The van der Waals surface area contributed by atoms with Crippen molar-refractivity contribution < 1.29 is 19.0 Å². The third kappa shape index (κ3) is 3.97. The molecule has 0 spiro atoms. The molecular weight excluding hydrogens is 282 g/mol. The first-order chi connectivity index (χ1) is 10.6. The lowest BCUT2D eigenvalue weighted by atomic mass is 10.1. The summed E-state index contributed by atoms with van der Waals surface area (Å²) in [4.78, 5) is 15.8. The van der Waals surface area contributed by atoms with E-state index in [1.165, 1.54) is 13.3 Å². The van der Waals surface area contributed by atoms with Gasteiger partial charge in [0.05, 0.1) is 12.7 Å². The van der Waals surface area contributed by atoms with Crippen LogP contribution >= 0.6 is 0 Å². The van der Waals surface area contributed by atoms with Crippen LogP contribution in [0.15, 0.2) is 36.5 Å². The van der Waals surface area contributed by atoms with E-state index in [-0.39, 0.29) is 6.61 Å². The Balaban J connectivity index is 1.82. The van der Waals surface area contributed by atoms with Gasteiger partial charge in [0.2, 0.25) is 5.88 Å². The third-order valence-electron chi connectivity index (χ3n) is 3.15. The van der Waals surface area contributed by atoms with Crippen LogP contribution in [0.3, 0.4) is 0 Å². The van der Waals surface area contributed by atoms with E-state index >= 15 is 0 Å². The standard InChI is InChI=1S/C17H19NO4/c1-12-5-4-6-13(2)16(12)21-9-10-22-17(19)14-7-8-15(20-3)18-11-14/h4-8,11H,9-10H2,1-3H3. The summed E-state index contributed by atoms with van der Waals surface area (Å²) in [7, 11) is 1.52. The van der Waals surface area contributed by atoms with Crippen LogP contribution in [0.4, 0.5) is 0 Å². The smallest absolute Gasteiger partial charge is 0.339 e. The zero-order chi connectivity index (χ0) is 15.9. The number of carbonyl (C=O) groups excluding carboxylic acids is 1. The average Bonchev–Trinajstić information content (AvgIpc) is 2.53. The van der Waals surface area contributed by atoms with Gasteiger partial charge in [-0.25, -0.2) is 9.78 Å². The van der Waals surface area contributed by atoms with Gasteiger partial charge in [-0.3, -0.25) is 0 Å². The largest absolute Gasteiger partial charge is 0.489 e. The summed E-state index contributed by atoms with van der Waals surface area (Å²) in [5, 5.41) is 0. The monoisotopic (exact) mass is 301 g/mol. The van der Waals surface area contributed by atoms with Crippen LogP contribution in [0.1, 0.15) is 21.5 Å². The van der Waals surface area contributed by atoms with Crippen molar-refractivity contribution in [3.63, 3.8) is 0 Å². The number of ether oxygens (including phenoxy) is 3. The predicted molar refractivity (Wildman–Crippen MR) is 82.5 cm³/mol. The molecule has 1 aromatic carbocycles. The Hall–Kier alpha value is -2.56. The minimum atomic E-state index is -0.430. The molecule has 0 N–H and O–H groups in total. The Labute approximate surface area is 129 Å². The minimum absolute atomic E-state index is 0.179. The van der Waals surface area contributed by atoms with E-state index in [9.17, 15) is 4.79 Å². The van der Waals surface area contributed by atoms with Gasteiger partial charge in [0.15, 0.2) is 0 Å². The molecule has 0 bridgehead atoms. The van der Waals surface area contributed by atoms with Crippen LogP contribution in [0.5, 0.6) is 11.6 Å². The van der Waals surface area contributed by atoms with E-state index in [1.807, 2.05) is 32.0 Å². The summed E-state index contributed by atoms with van der Waals surface area (Å²) in [5.41, 5.74) is 2.50. The molecule has 2 rings (SSSR count). The molecule has 0 aliphatic heterocycles. The molecule has 1 heterocycles. The molecule has 0 atom stereocenters. The number of benzene rings is 1. The van der Waals surface area contributed by atoms with Gasteiger partial charge >= 0.3 is 5.97 Å². The molecule has 0 fully saturated rings. The van der Waals surface area contributed by atoms with E-state index in [2.05, 4.69) is 4.98 Å². The quantitative estimate of drug-likeness (QED) is 0.606. The van der Waals surface area contributed by atoms with Crippen molar-refractivity contribution in [2.45, 2.75) is 13.8 Å². The molecule has 116 valence electrons. The number of hydrogen-bond donors (Lipinski definition) is 0. The van der Waals surface area contributed by atoms with Crippen molar-refractivity contribution in [3.8, 4) is 11.6 Å². The van der Waals surface area contributed by atoms with Gasteiger partial charge in [0.1, 0.15) is 19.0 Å². The van der Waals surface area contributed by atoms with Crippen LogP contribution < -0.4 is 9.47 Å². The van der Waals surface area contributed by atoms with Crippen LogP contribution in [0.2, 0.25) is 0 Å². The average molecular weight is 301 g/mol. The minimum Gasteiger partial charge on any atom is -0.489 e. The SMILES string of the molecule is COc1ccc(C(=O)OCCOc2c(C)cccc2C)cn1. The van der Waals surface area contributed by atoms with Crippen molar-refractivity contribution in [3.05, 3.63) is 53.2 Å². The number of nitrogens with zero attached hydrogens (tertiary/aromatic N) is 1. The van der Waals surface area contributed by atoms with Crippen LogP contribution in [-0.2, 0) is 4.74 Å². The van der Waals surface area contributed by atoms with Gasteiger partial charge in [-0.2, -0.15) is 0 Å². The summed E-state index contributed by atoms with van der Waals surface area (Å²) in [5.74, 6) is 0.861. The molecule has 2 aromatic rings. The second-order valence-electron chi connectivity index (χ2n) is 4.79. The summed E-state index contributed by atoms with van der Waals surface area (Å²) in [6.07, 6.45) is 1.42. The molecule has 0 aliphatic carbocycles. The van der Waals surface area contributed by atoms with Crippen molar-refractivity contribution in [2.24, 2.45) is 0 Å². The fourth-order valence-electron chi connectivity index (χ4n) is 2.01. The lowest BCUT2D eigenvalue weighted by molar-refractivity contribution is 0.0449. The highest BCUT2D eigenvalue weighted by Crippen LogP contribution is 2.22. The lowest BCUT2D eigenvalue weighted by Crippen LogP contribution is -2.13. The molecule has 0 aliphatic rings. The van der Waals surface area contributed by atoms with Gasteiger partial charge < -0.3 is 14.2 Å². The van der Waals surface area contributed by atoms with E-state index in [0.29, 0.717) is 18.1 Å². The Bertz CT molecular complexity index is 617. The highest BCUT2D eigenvalue weighted by Gasteiger charge is 2.08. The lowest BCUT2D eigenvalue weighted by Gasteiger charge is -2.12. The summed E-state index contributed by atoms with van der Waals surface area (Å²) in [6, 6.07) is 9.17. The number of pyridine rings is 1. The fourth-order valence-corrected chi connectivity index (χ4v) is 2.01. The second-order valence-corrected chi connectivity index (χ2v) is 4.79. The zero-order valence-electron chi connectivity index (χ0n) is 13.0. The highest BCUT2D eigenvalue weighted by molar-refractivity contribution is 5.89. The molecule has 5 nitrogen and oxygen atoms in total. The molecule has 0 saturated heterocycles.